The molecule has 8 rings (SSSR count). The van der Waals surface area contributed by atoms with Crippen molar-refractivity contribution >= 4 is 22.0 Å². The normalized spacial score (nSPS) is 38.8. The topological polar surface area (TPSA) is 174 Å². The number of nitriles is 1. The van der Waals surface area contributed by atoms with E-state index in [0.29, 0.717) is 81.0 Å². The molecule has 0 aromatic carbocycles. The van der Waals surface area contributed by atoms with Gasteiger partial charge in [-0.25, -0.2) is 18.2 Å². The zero-order valence-corrected chi connectivity index (χ0v) is 44.6. The molecule has 0 amide bonds. The summed E-state index contributed by atoms with van der Waals surface area (Å²) in [5.74, 6) is 2.21. The van der Waals surface area contributed by atoms with Crippen LogP contribution in [0.5, 0.6) is 5.88 Å². The monoisotopic (exact) mass is 986 g/mol. The Hall–Kier alpha value is -3.73. The number of nitrogens with zero attached hydrogens (tertiary/aromatic N) is 2. The summed E-state index contributed by atoms with van der Waals surface area (Å²) in [6, 6.07) is 5.43. The first kappa shape index (κ1) is 52.6. The zero-order chi connectivity index (χ0) is 50.7. The van der Waals surface area contributed by atoms with Gasteiger partial charge in [-0.15, -0.1) is 0 Å². The quantitative estimate of drug-likeness (QED) is 0.103. The highest BCUT2D eigenvalue weighted by Gasteiger charge is 2.70. The summed E-state index contributed by atoms with van der Waals surface area (Å²) in [4.78, 5) is 30.4. The van der Waals surface area contributed by atoms with Gasteiger partial charge in [-0.2, -0.15) is 5.26 Å². The molecule has 5 fully saturated rings. The van der Waals surface area contributed by atoms with Crippen molar-refractivity contribution in [2.45, 2.75) is 187 Å². The molecular weight excluding hydrogens is 903 g/mol. The fraction of sp³-hybridized carbons (Fsp3) is 0.754. The highest BCUT2D eigenvalue weighted by atomic mass is 32.2. The van der Waals surface area contributed by atoms with Crippen LogP contribution in [-0.4, -0.2) is 79.3 Å². The van der Waals surface area contributed by atoms with Gasteiger partial charge < -0.3 is 29.4 Å². The van der Waals surface area contributed by atoms with Gasteiger partial charge in [0.2, 0.25) is 12.7 Å². The van der Waals surface area contributed by atoms with E-state index >= 15 is 0 Å². The van der Waals surface area contributed by atoms with Gasteiger partial charge in [0.05, 0.1) is 17.0 Å². The van der Waals surface area contributed by atoms with E-state index in [1.807, 2.05) is 0 Å². The lowest BCUT2D eigenvalue weighted by atomic mass is 9.33. The van der Waals surface area contributed by atoms with Crippen LogP contribution in [-0.2, 0) is 28.8 Å². The molecule has 0 saturated heterocycles. The summed E-state index contributed by atoms with van der Waals surface area (Å²) in [5, 5.41) is 25.2. The molecule has 0 radical (unpaired) electrons. The van der Waals surface area contributed by atoms with Crippen LogP contribution in [0.1, 0.15) is 170 Å². The number of ether oxygens (including phenoxy) is 4. The van der Waals surface area contributed by atoms with E-state index in [0.717, 1.165) is 38.6 Å². The van der Waals surface area contributed by atoms with E-state index in [1.165, 1.54) is 48.7 Å². The van der Waals surface area contributed by atoms with E-state index < -0.39 is 39.8 Å². The number of fused-ring (bicyclic) bond motifs is 7. The third-order valence-electron chi connectivity index (χ3n) is 20.6. The molecule has 13 heteroatoms. The Kier molecular flexibility index (Phi) is 14.5. The number of hydrogen-bond acceptors (Lipinski definition) is 12. The van der Waals surface area contributed by atoms with Gasteiger partial charge in [0.25, 0.3) is 0 Å². The summed E-state index contributed by atoms with van der Waals surface area (Å²) < 4.78 is 46.4. The lowest BCUT2D eigenvalue weighted by Gasteiger charge is -2.72. The number of aliphatic hydroxyl groups is 1. The fourth-order valence-corrected chi connectivity index (χ4v) is 17.9. The number of carbonyl (C=O) groups is 2. The van der Waals surface area contributed by atoms with Crippen molar-refractivity contribution in [3.8, 4) is 11.9 Å². The molecule has 0 spiro atoms. The molecule has 2 N–H and O–H groups in total. The first-order chi connectivity index (χ1) is 32.9. The van der Waals surface area contributed by atoms with Crippen LogP contribution >= 0.6 is 0 Å². The molecule has 10 atom stereocenters. The standard InChI is InChI=1S/C57H83N3O9S/c1-37(2)42-19-28-57(60-33-31-56(63)26-17-41(18-27-56)70(10,64)65)30-29-53(8)44(47(42)57)13-14-46-52(7)22-20-43(51(5,6)45(52)21-23-54(46,53)9)39-15-24-55(25-16-39,35-66-48-40(34-58)12-11-32-59-48)49(61)67-36-68-50(62)69-38(3)4/h11-12,15,20,32,38,41-42,44-47,60,63H,1,13-14,16-19,21-31,33,35-36H2,2-10H3/t41?,42-,44+,45-,46+,47+,52-,53+,54+,55?,56?,57-/m0/s1. The van der Waals surface area contributed by atoms with Crippen molar-refractivity contribution in [2.24, 2.45) is 56.7 Å². The van der Waals surface area contributed by atoms with Gasteiger partial charge in [0.1, 0.15) is 33.5 Å². The van der Waals surface area contributed by atoms with Crippen molar-refractivity contribution in [3.63, 3.8) is 0 Å². The van der Waals surface area contributed by atoms with Crippen LogP contribution in [0.4, 0.5) is 4.79 Å². The molecule has 12 nitrogen and oxygen atoms in total. The van der Waals surface area contributed by atoms with Gasteiger partial charge in [-0.3, -0.25) is 4.79 Å². The van der Waals surface area contributed by atoms with Crippen LogP contribution in [0.3, 0.4) is 0 Å². The van der Waals surface area contributed by atoms with Crippen molar-refractivity contribution in [1.29, 1.82) is 5.26 Å². The third kappa shape index (κ3) is 9.31. The highest BCUT2D eigenvalue weighted by Crippen LogP contribution is 2.76. The molecule has 1 aromatic heterocycles. The van der Waals surface area contributed by atoms with Crippen LogP contribution in [0.15, 0.2) is 53.8 Å². The predicted octanol–water partition coefficient (Wildman–Crippen LogP) is 11.1. The first-order valence-electron chi connectivity index (χ1n) is 26.6. The number of rotatable bonds is 14. The van der Waals surface area contributed by atoms with Gasteiger partial charge in [0, 0.05) is 18.0 Å². The number of allylic oxidation sites excluding steroid dienone is 5. The number of nitrogens with one attached hydrogen (secondary N) is 1. The van der Waals surface area contributed by atoms with E-state index in [4.69, 9.17) is 18.9 Å². The van der Waals surface area contributed by atoms with E-state index in [1.54, 1.807) is 32.2 Å². The Morgan fingerprint density at radius 2 is 1.67 bits per heavy atom. The van der Waals surface area contributed by atoms with Crippen LogP contribution in [0.25, 0.3) is 0 Å². The van der Waals surface area contributed by atoms with Crippen molar-refractivity contribution < 1.29 is 42.1 Å². The predicted molar refractivity (Wildman–Crippen MR) is 270 cm³/mol. The number of pyridine rings is 1. The summed E-state index contributed by atoms with van der Waals surface area (Å²) in [5.41, 5.74) is 2.70. The van der Waals surface area contributed by atoms with Crippen molar-refractivity contribution in [1.82, 2.24) is 10.3 Å². The fourth-order valence-electron chi connectivity index (χ4n) is 16.8. The average Bonchev–Trinajstić information content (AvgIpc) is 3.68. The molecular formula is C57H83N3O9S. The van der Waals surface area contributed by atoms with Crippen LogP contribution in [0, 0.1) is 68.0 Å². The Morgan fingerprint density at radius 1 is 0.929 bits per heavy atom. The van der Waals surface area contributed by atoms with Gasteiger partial charge in [-0.1, -0.05) is 58.9 Å². The Bertz CT molecular complexity index is 2400. The Labute approximate surface area is 419 Å². The third-order valence-corrected chi connectivity index (χ3v) is 22.3. The minimum Gasteiger partial charge on any atom is -0.475 e. The second kappa shape index (κ2) is 19.3. The maximum atomic E-state index is 14.0. The zero-order valence-electron chi connectivity index (χ0n) is 43.8. The molecule has 0 aliphatic heterocycles. The molecule has 386 valence electrons. The minimum atomic E-state index is -3.10. The van der Waals surface area contributed by atoms with Crippen molar-refractivity contribution in [3.05, 3.63) is 59.3 Å². The average molecular weight is 986 g/mol. The molecule has 1 heterocycles. The lowest BCUT2D eigenvalue weighted by molar-refractivity contribution is -0.221. The maximum Gasteiger partial charge on any atom is 0.511 e. The number of sulfone groups is 1. The first-order valence-corrected chi connectivity index (χ1v) is 28.5. The Morgan fingerprint density at radius 3 is 2.33 bits per heavy atom. The molecule has 7 aliphatic rings. The van der Waals surface area contributed by atoms with Gasteiger partial charge >= 0.3 is 12.1 Å². The van der Waals surface area contributed by atoms with Crippen molar-refractivity contribution in [2.75, 3.05) is 26.2 Å². The minimum absolute atomic E-state index is 0.0182. The maximum absolute atomic E-state index is 14.0. The molecule has 5 saturated carbocycles. The smallest absolute Gasteiger partial charge is 0.475 e. The van der Waals surface area contributed by atoms with E-state index in [2.05, 4.69) is 76.6 Å². The molecule has 70 heavy (non-hydrogen) atoms. The Balaban J connectivity index is 0.997. The second-order valence-corrected chi connectivity index (χ2v) is 27.2. The molecule has 1 unspecified atom stereocenters. The van der Waals surface area contributed by atoms with E-state index in [9.17, 15) is 28.4 Å². The number of hydrogen-bond donors (Lipinski definition) is 2. The number of aromatic nitrogens is 1. The lowest BCUT2D eigenvalue weighted by Crippen LogP contribution is -2.68. The second-order valence-electron chi connectivity index (χ2n) is 24.9. The van der Waals surface area contributed by atoms with Crippen LogP contribution < -0.4 is 10.1 Å². The summed E-state index contributed by atoms with van der Waals surface area (Å²) in [7, 11) is -3.10. The summed E-state index contributed by atoms with van der Waals surface area (Å²) >= 11 is 0. The SMILES string of the molecule is C=C(C)[C@@H]1CC[C@]2(NCCC3(O)CCC(S(C)(=O)=O)CC3)CC[C@]3(C)[C@H](CC[C@@H]4[C@@]5(C)CC=C(C6=CCC(COc7ncccc7C#N)(C(=O)OCOC(=O)OC(C)C)CC6)C(C)(C)[C@@H]5CC[C@]43C)[C@@H]12. The van der Waals surface area contributed by atoms with Crippen LogP contribution in [0.2, 0.25) is 0 Å². The summed E-state index contributed by atoms with van der Waals surface area (Å²) in [6.45, 7) is 23.3. The number of esters is 1. The molecule has 7 aliphatic carbocycles. The molecule has 0 bridgehead atoms. The molecule has 1 aromatic rings. The largest absolute Gasteiger partial charge is 0.511 e. The highest BCUT2D eigenvalue weighted by molar-refractivity contribution is 7.91. The summed E-state index contributed by atoms with van der Waals surface area (Å²) in [6.07, 6.45) is 21.1. The van der Waals surface area contributed by atoms with Gasteiger partial charge in [-0.05, 0) is 211 Å². The van der Waals surface area contributed by atoms with E-state index in [-0.39, 0.29) is 56.6 Å². The number of carbonyl (C=O) groups excluding carboxylic acids is 2. The van der Waals surface area contributed by atoms with Gasteiger partial charge in [0.15, 0.2) is 0 Å².